The molecule has 0 saturated carbocycles. The molecule has 0 radical (unpaired) electrons. The van der Waals surface area contributed by atoms with Gasteiger partial charge in [-0.3, -0.25) is 4.68 Å². The summed E-state index contributed by atoms with van der Waals surface area (Å²) in [6.07, 6.45) is 2.71. The summed E-state index contributed by atoms with van der Waals surface area (Å²) in [5, 5.41) is 13.7. The van der Waals surface area contributed by atoms with E-state index in [2.05, 4.69) is 11.7 Å². The Balaban J connectivity index is 2.86. The van der Waals surface area contributed by atoms with Gasteiger partial charge in [-0.15, -0.1) is 6.58 Å². The van der Waals surface area contributed by atoms with Gasteiger partial charge in [0.05, 0.1) is 12.2 Å². The minimum atomic E-state index is -0.664. The molecule has 0 saturated heterocycles. The van der Waals surface area contributed by atoms with Gasteiger partial charge in [-0.25, -0.2) is 0 Å². The van der Waals surface area contributed by atoms with Crippen LogP contribution in [0, 0.1) is 0 Å². The number of nitrogens with zero attached hydrogens (tertiary/aromatic N) is 2. The molecule has 1 aromatic rings. The van der Waals surface area contributed by atoms with Crippen molar-refractivity contribution in [2.24, 2.45) is 5.73 Å². The molecule has 1 rings (SSSR count). The van der Waals surface area contributed by atoms with Gasteiger partial charge in [0, 0.05) is 12.2 Å². The number of aromatic nitrogens is 2. The van der Waals surface area contributed by atoms with Gasteiger partial charge in [0.25, 0.3) is 0 Å². The molecule has 0 bridgehead atoms. The first kappa shape index (κ1) is 9.95. The zero-order valence-corrected chi connectivity index (χ0v) is 7.72. The Labute approximate surface area is 77.7 Å². The molecular weight excluding hydrogens is 166 g/mol. The maximum Gasteiger partial charge on any atom is 0.110 e. The fourth-order valence-corrected chi connectivity index (χ4v) is 1.14. The van der Waals surface area contributed by atoms with Crippen LogP contribution in [0.5, 0.6) is 0 Å². The summed E-state index contributed by atoms with van der Waals surface area (Å²) in [4.78, 5) is 0. The second-order valence-electron chi connectivity index (χ2n) is 3.03. The highest BCUT2D eigenvalue weighted by molar-refractivity contribution is 5.07. The van der Waals surface area contributed by atoms with Gasteiger partial charge < -0.3 is 10.8 Å². The van der Waals surface area contributed by atoms with Crippen molar-refractivity contribution in [2.45, 2.75) is 25.6 Å². The molecule has 4 heteroatoms. The third-order valence-electron chi connectivity index (χ3n) is 1.85. The van der Waals surface area contributed by atoms with E-state index in [1.807, 2.05) is 0 Å². The molecular formula is C9H15N3O. The molecule has 2 atom stereocenters. The fraction of sp³-hybridized carbons (Fsp3) is 0.444. The smallest absolute Gasteiger partial charge is 0.110 e. The Morgan fingerprint density at radius 3 is 3.08 bits per heavy atom. The SMILES string of the molecule is C=CCn1nccc1C(O)C(C)N. The summed E-state index contributed by atoms with van der Waals surface area (Å²) in [5.74, 6) is 0. The van der Waals surface area contributed by atoms with E-state index in [0.29, 0.717) is 6.54 Å². The molecule has 13 heavy (non-hydrogen) atoms. The number of hydrogen-bond acceptors (Lipinski definition) is 3. The highest BCUT2D eigenvalue weighted by Crippen LogP contribution is 2.14. The first-order valence-corrected chi connectivity index (χ1v) is 4.23. The normalized spacial score (nSPS) is 15.3. The van der Waals surface area contributed by atoms with Gasteiger partial charge in [-0.2, -0.15) is 5.10 Å². The second-order valence-corrected chi connectivity index (χ2v) is 3.03. The molecule has 0 aliphatic rings. The van der Waals surface area contributed by atoms with E-state index in [1.54, 1.807) is 29.9 Å². The van der Waals surface area contributed by atoms with Crippen molar-refractivity contribution >= 4 is 0 Å². The summed E-state index contributed by atoms with van der Waals surface area (Å²) < 4.78 is 1.68. The molecule has 72 valence electrons. The van der Waals surface area contributed by atoms with Gasteiger partial charge >= 0.3 is 0 Å². The molecule has 0 amide bonds. The van der Waals surface area contributed by atoms with Crippen LogP contribution in [0.15, 0.2) is 24.9 Å². The van der Waals surface area contributed by atoms with Crippen molar-refractivity contribution in [1.29, 1.82) is 0 Å². The maximum atomic E-state index is 9.67. The third kappa shape index (κ3) is 2.17. The maximum absolute atomic E-state index is 9.67. The molecule has 0 aromatic carbocycles. The van der Waals surface area contributed by atoms with E-state index >= 15 is 0 Å². The number of rotatable bonds is 4. The lowest BCUT2D eigenvalue weighted by Crippen LogP contribution is -2.26. The van der Waals surface area contributed by atoms with E-state index in [4.69, 9.17) is 5.73 Å². The van der Waals surface area contributed by atoms with E-state index in [1.165, 1.54) is 0 Å². The van der Waals surface area contributed by atoms with Crippen LogP contribution in [0.4, 0.5) is 0 Å². The van der Waals surface area contributed by atoms with Crippen molar-refractivity contribution in [1.82, 2.24) is 9.78 Å². The molecule has 0 aliphatic heterocycles. The quantitative estimate of drug-likeness (QED) is 0.663. The number of aliphatic hydroxyl groups is 1. The van der Waals surface area contributed by atoms with E-state index in [9.17, 15) is 5.11 Å². The van der Waals surface area contributed by atoms with Crippen molar-refractivity contribution < 1.29 is 5.11 Å². The Kier molecular flexibility index (Phi) is 3.22. The van der Waals surface area contributed by atoms with Crippen molar-refractivity contribution in [3.63, 3.8) is 0 Å². The molecule has 1 heterocycles. The van der Waals surface area contributed by atoms with Gasteiger partial charge in [-0.05, 0) is 13.0 Å². The minimum Gasteiger partial charge on any atom is -0.385 e. The summed E-state index contributed by atoms with van der Waals surface area (Å²) in [7, 11) is 0. The van der Waals surface area contributed by atoms with Gasteiger partial charge in [-0.1, -0.05) is 6.08 Å². The molecule has 0 fully saturated rings. The van der Waals surface area contributed by atoms with Crippen LogP contribution in [0.25, 0.3) is 0 Å². The summed E-state index contributed by atoms with van der Waals surface area (Å²) >= 11 is 0. The average molecular weight is 181 g/mol. The number of aliphatic hydroxyl groups excluding tert-OH is 1. The topological polar surface area (TPSA) is 64.1 Å². The number of nitrogens with two attached hydrogens (primary N) is 1. The highest BCUT2D eigenvalue weighted by Gasteiger charge is 2.16. The van der Waals surface area contributed by atoms with Crippen LogP contribution >= 0.6 is 0 Å². The first-order valence-electron chi connectivity index (χ1n) is 4.23. The summed E-state index contributed by atoms with van der Waals surface area (Å²) in [6, 6.07) is 1.47. The summed E-state index contributed by atoms with van der Waals surface area (Å²) in [5.41, 5.74) is 6.31. The Bertz CT molecular complexity index is 280. The fourth-order valence-electron chi connectivity index (χ4n) is 1.14. The molecule has 3 N–H and O–H groups in total. The molecule has 1 aromatic heterocycles. The lowest BCUT2D eigenvalue weighted by atomic mass is 10.1. The molecule has 0 aliphatic carbocycles. The Morgan fingerprint density at radius 1 is 1.85 bits per heavy atom. The van der Waals surface area contributed by atoms with Crippen LogP contribution in [-0.2, 0) is 6.54 Å². The van der Waals surface area contributed by atoms with Crippen molar-refractivity contribution in [3.8, 4) is 0 Å². The van der Waals surface area contributed by atoms with E-state index in [-0.39, 0.29) is 6.04 Å². The predicted molar refractivity (Wildman–Crippen MR) is 51.0 cm³/mol. The molecule has 2 unspecified atom stereocenters. The molecule has 0 spiro atoms. The standard InChI is InChI=1S/C9H15N3O/c1-3-6-12-8(4-5-11-12)9(13)7(2)10/h3-5,7,9,13H,1,6,10H2,2H3. The van der Waals surface area contributed by atoms with Crippen LogP contribution in [-0.4, -0.2) is 20.9 Å². The Morgan fingerprint density at radius 2 is 2.54 bits per heavy atom. The van der Waals surface area contributed by atoms with Gasteiger partial charge in [0.1, 0.15) is 6.10 Å². The van der Waals surface area contributed by atoms with Crippen LogP contribution in [0.1, 0.15) is 18.7 Å². The van der Waals surface area contributed by atoms with Gasteiger partial charge in [0.15, 0.2) is 0 Å². The van der Waals surface area contributed by atoms with Crippen LogP contribution < -0.4 is 5.73 Å². The van der Waals surface area contributed by atoms with Crippen LogP contribution in [0.3, 0.4) is 0 Å². The van der Waals surface area contributed by atoms with E-state index < -0.39 is 6.10 Å². The Hall–Kier alpha value is -1.13. The van der Waals surface area contributed by atoms with Crippen molar-refractivity contribution in [2.75, 3.05) is 0 Å². The zero-order chi connectivity index (χ0) is 9.84. The predicted octanol–water partition coefficient (Wildman–Crippen LogP) is 0.450. The minimum absolute atomic E-state index is 0.291. The largest absolute Gasteiger partial charge is 0.385 e. The average Bonchev–Trinajstić information content (AvgIpc) is 2.52. The van der Waals surface area contributed by atoms with Crippen molar-refractivity contribution in [3.05, 3.63) is 30.6 Å². The first-order chi connectivity index (χ1) is 6.16. The lowest BCUT2D eigenvalue weighted by molar-refractivity contribution is 0.143. The molecule has 4 nitrogen and oxygen atoms in total. The van der Waals surface area contributed by atoms with Crippen LogP contribution in [0.2, 0.25) is 0 Å². The van der Waals surface area contributed by atoms with E-state index in [0.717, 1.165) is 5.69 Å². The number of allylic oxidation sites excluding steroid dienone is 1. The second kappa shape index (κ2) is 4.20. The number of hydrogen-bond donors (Lipinski definition) is 2. The lowest BCUT2D eigenvalue weighted by Gasteiger charge is -2.15. The van der Waals surface area contributed by atoms with Gasteiger partial charge in [0.2, 0.25) is 0 Å². The zero-order valence-electron chi connectivity index (χ0n) is 7.72. The summed E-state index contributed by atoms with van der Waals surface area (Å²) in [6.45, 7) is 5.96. The third-order valence-corrected chi connectivity index (χ3v) is 1.85. The monoisotopic (exact) mass is 181 g/mol. The highest BCUT2D eigenvalue weighted by atomic mass is 16.3.